The van der Waals surface area contributed by atoms with Crippen LogP contribution in [0.3, 0.4) is 0 Å². The maximum absolute atomic E-state index is 9.10. The fraction of sp³-hybridized carbons (Fsp3) is 0. The quantitative estimate of drug-likeness (QED) is 0.676. The molecule has 0 atom stereocenters. The van der Waals surface area contributed by atoms with Gasteiger partial charge in [0.2, 0.25) is 0 Å². The Morgan fingerprint density at radius 3 is 2.21 bits per heavy atom. The number of benzene rings is 1. The predicted molar refractivity (Wildman–Crippen MR) is 59.1 cm³/mol. The molecular formula is C10H12BNO2. The van der Waals surface area contributed by atoms with Gasteiger partial charge in [0.05, 0.1) is 0 Å². The van der Waals surface area contributed by atoms with Crippen LogP contribution in [0, 0.1) is 0 Å². The molecule has 0 fully saturated rings. The van der Waals surface area contributed by atoms with E-state index in [1.807, 2.05) is 0 Å². The van der Waals surface area contributed by atoms with E-state index < -0.39 is 7.12 Å². The Bertz CT molecular complexity index is 331. The summed E-state index contributed by atoms with van der Waals surface area (Å²) >= 11 is 0. The van der Waals surface area contributed by atoms with Crippen molar-refractivity contribution in [3.8, 4) is 0 Å². The third kappa shape index (κ3) is 2.04. The molecule has 3 nitrogen and oxygen atoms in total. The lowest BCUT2D eigenvalue weighted by molar-refractivity contribution is 0.426. The molecule has 0 saturated carbocycles. The summed E-state index contributed by atoms with van der Waals surface area (Å²) in [5, 5.41) is 18.2. The predicted octanol–water partition coefficient (Wildman–Crippen LogP) is 0.460. The van der Waals surface area contributed by atoms with Crippen molar-refractivity contribution in [1.82, 2.24) is 0 Å². The molecule has 0 aliphatic heterocycles. The highest BCUT2D eigenvalue weighted by molar-refractivity contribution is 6.60. The maximum atomic E-state index is 9.10. The van der Waals surface area contributed by atoms with E-state index in [4.69, 9.17) is 10.0 Å². The molecule has 0 radical (unpaired) electrons. The molecule has 0 unspecified atom stereocenters. The smallest absolute Gasteiger partial charge is 0.423 e. The van der Waals surface area contributed by atoms with Crippen LogP contribution in [0.25, 0.3) is 0 Å². The highest BCUT2D eigenvalue weighted by Crippen LogP contribution is 2.11. The van der Waals surface area contributed by atoms with Gasteiger partial charge in [-0.25, -0.2) is 0 Å². The van der Waals surface area contributed by atoms with Crippen molar-refractivity contribution in [3.63, 3.8) is 0 Å². The summed E-state index contributed by atoms with van der Waals surface area (Å²) in [4.78, 5) is 1.62. The zero-order valence-corrected chi connectivity index (χ0v) is 7.80. The molecule has 4 heteroatoms. The summed E-state index contributed by atoms with van der Waals surface area (Å²) in [7, 11) is -1.49. The van der Waals surface area contributed by atoms with Crippen LogP contribution in [0.15, 0.2) is 49.8 Å². The first kappa shape index (κ1) is 10.6. The molecule has 0 aromatic heterocycles. The van der Waals surface area contributed by atoms with Crippen molar-refractivity contribution < 1.29 is 10.0 Å². The van der Waals surface area contributed by atoms with E-state index in [2.05, 4.69) is 13.2 Å². The Kier molecular flexibility index (Phi) is 3.51. The monoisotopic (exact) mass is 189 g/mol. The number of hydrogen-bond acceptors (Lipinski definition) is 3. The van der Waals surface area contributed by atoms with Gasteiger partial charge in [-0.1, -0.05) is 31.4 Å². The van der Waals surface area contributed by atoms with Crippen LogP contribution >= 0.6 is 0 Å². The van der Waals surface area contributed by atoms with E-state index >= 15 is 0 Å². The maximum Gasteiger partial charge on any atom is 0.490 e. The van der Waals surface area contributed by atoms with Crippen molar-refractivity contribution in [1.29, 1.82) is 0 Å². The summed E-state index contributed by atoms with van der Waals surface area (Å²) in [6, 6.07) is 6.95. The van der Waals surface area contributed by atoms with E-state index in [1.54, 1.807) is 41.6 Å². The van der Waals surface area contributed by atoms with Crippen LogP contribution < -0.4 is 10.4 Å². The van der Waals surface area contributed by atoms with E-state index in [0.29, 0.717) is 11.2 Å². The Hall–Kier alpha value is -1.52. The molecule has 0 bridgehead atoms. The van der Waals surface area contributed by atoms with Crippen LogP contribution in [-0.2, 0) is 0 Å². The molecule has 1 aromatic carbocycles. The molecule has 0 aliphatic carbocycles. The van der Waals surface area contributed by atoms with Crippen LogP contribution in [0.1, 0.15) is 0 Å². The average molecular weight is 189 g/mol. The van der Waals surface area contributed by atoms with Gasteiger partial charge < -0.3 is 14.9 Å². The molecule has 0 aliphatic rings. The normalized spacial score (nSPS) is 9.29. The minimum Gasteiger partial charge on any atom is -0.423 e. The molecule has 0 amide bonds. The Morgan fingerprint density at radius 2 is 1.71 bits per heavy atom. The summed E-state index contributed by atoms with van der Waals surface area (Å²) in [5.41, 5.74) is 1.08. The van der Waals surface area contributed by atoms with Gasteiger partial charge in [0.1, 0.15) is 0 Å². The summed E-state index contributed by atoms with van der Waals surface area (Å²) < 4.78 is 0. The first-order chi connectivity index (χ1) is 6.70. The van der Waals surface area contributed by atoms with Crippen LogP contribution in [0.5, 0.6) is 0 Å². The van der Waals surface area contributed by atoms with Crippen LogP contribution in [0.4, 0.5) is 5.69 Å². The third-order valence-corrected chi connectivity index (χ3v) is 1.89. The summed E-state index contributed by atoms with van der Waals surface area (Å²) in [6.07, 6.45) is 3.10. The van der Waals surface area contributed by atoms with Gasteiger partial charge in [-0.05, 0) is 6.07 Å². The zero-order valence-electron chi connectivity index (χ0n) is 7.80. The number of anilines is 1. The third-order valence-electron chi connectivity index (χ3n) is 1.89. The molecule has 0 spiro atoms. The highest BCUT2D eigenvalue weighted by atomic mass is 16.4. The molecule has 1 aromatic rings. The second kappa shape index (κ2) is 4.65. The van der Waals surface area contributed by atoms with Crippen molar-refractivity contribution in [2.75, 3.05) is 4.90 Å². The first-order valence-corrected chi connectivity index (χ1v) is 4.19. The van der Waals surface area contributed by atoms with E-state index in [0.717, 1.165) is 0 Å². The zero-order chi connectivity index (χ0) is 10.6. The molecule has 0 saturated heterocycles. The Balaban J connectivity index is 3.17. The van der Waals surface area contributed by atoms with Gasteiger partial charge in [-0.2, -0.15) is 0 Å². The minimum absolute atomic E-state index is 0.423. The second-order valence-electron chi connectivity index (χ2n) is 2.70. The van der Waals surface area contributed by atoms with Crippen LogP contribution in [0.2, 0.25) is 0 Å². The topological polar surface area (TPSA) is 43.7 Å². The van der Waals surface area contributed by atoms with E-state index in [1.165, 1.54) is 0 Å². The molecule has 1 rings (SSSR count). The fourth-order valence-corrected chi connectivity index (χ4v) is 1.21. The number of para-hydroxylation sites is 1. The van der Waals surface area contributed by atoms with Gasteiger partial charge in [0.15, 0.2) is 0 Å². The fourth-order valence-electron chi connectivity index (χ4n) is 1.21. The van der Waals surface area contributed by atoms with Gasteiger partial charge in [0, 0.05) is 23.6 Å². The van der Waals surface area contributed by atoms with Crippen molar-refractivity contribution in [2.24, 2.45) is 0 Å². The second-order valence-corrected chi connectivity index (χ2v) is 2.70. The van der Waals surface area contributed by atoms with Crippen molar-refractivity contribution in [2.45, 2.75) is 0 Å². The van der Waals surface area contributed by atoms with E-state index in [-0.39, 0.29) is 0 Å². The first-order valence-electron chi connectivity index (χ1n) is 4.19. The number of nitrogens with zero attached hydrogens (tertiary/aromatic N) is 1. The standard InChI is InChI=1S/C10H12BNO2/c1-3-12(4-2)10-8-6-5-7-9(10)11(13)14/h3-8,13-14H,1-2H2. The van der Waals surface area contributed by atoms with Gasteiger partial charge >= 0.3 is 7.12 Å². The highest BCUT2D eigenvalue weighted by Gasteiger charge is 2.16. The largest absolute Gasteiger partial charge is 0.490 e. The van der Waals surface area contributed by atoms with Crippen molar-refractivity contribution in [3.05, 3.63) is 49.8 Å². The van der Waals surface area contributed by atoms with Crippen molar-refractivity contribution >= 4 is 18.3 Å². The SMILES string of the molecule is C=CN(C=C)c1ccccc1B(O)O. The average Bonchev–Trinajstić information content (AvgIpc) is 2.20. The van der Waals surface area contributed by atoms with Gasteiger partial charge in [-0.15, -0.1) is 0 Å². The molecule has 2 N–H and O–H groups in total. The molecule has 14 heavy (non-hydrogen) atoms. The van der Waals surface area contributed by atoms with E-state index in [9.17, 15) is 0 Å². The minimum atomic E-state index is -1.49. The lowest BCUT2D eigenvalue weighted by Crippen LogP contribution is -2.33. The molecule has 0 heterocycles. The summed E-state index contributed by atoms with van der Waals surface area (Å²) in [5.74, 6) is 0. The number of rotatable bonds is 4. The lowest BCUT2D eigenvalue weighted by Gasteiger charge is -2.18. The Morgan fingerprint density at radius 1 is 1.14 bits per heavy atom. The molecule has 72 valence electrons. The van der Waals surface area contributed by atoms with Crippen LogP contribution in [-0.4, -0.2) is 17.2 Å². The van der Waals surface area contributed by atoms with Gasteiger partial charge in [0.25, 0.3) is 0 Å². The molecular weight excluding hydrogens is 177 g/mol. The summed E-state index contributed by atoms with van der Waals surface area (Å²) in [6.45, 7) is 7.20. The number of hydrogen-bond donors (Lipinski definition) is 2. The lowest BCUT2D eigenvalue weighted by atomic mass is 9.79. The Labute approximate surface area is 83.8 Å². The van der Waals surface area contributed by atoms with Gasteiger partial charge in [-0.3, -0.25) is 0 Å².